The molecule has 1 aromatic carbocycles. The molecule has 0 aromatic heterocycles. The van der Waals surface area contributed by atoms with E-state index in [1.807, 2.05) is 36.4 Å². The molecule has 0 radical (unpaired) electrons. The molecule has 0 atom stereocenters. The number of carbonyl (C=O) groups is 1. The summed E-state index contributed by atoms with van der Waals surface area (Å²) < 4.78 is 9.76. The van der Waals surface area contributed by atoms with E-state index in [1.165, 1.54) is 6.42 Å². The van der Waals surface area contributed by atoms with Crippen LogP contribution in [0.1, 0.15) is 38.7 Å². The molecule has 0 unspecified atom stereocenters. The molecule has 0 amide bonds. The monoisotopic (exact) mass is 339 g/mol. The quantitative estimate of drug-likeness (QED) is 0.614. The van der Waals surface area contributed by atoms with Crippen LogP contribution >= 0.6 is 11.9 Å². The van der Waals surface area contributed by atoms with E-state index in [2.05, 4.69) is 23.5 Å². The SMILES string of the molecule is CC(C)CCCOc1ccc(/C=C/CNCCC(=O)OCl)cc1. The molecular formula is C18H26ClNO3. The maximum Gasteiger partial charge on any atom is 0.326 e. The predicted molar refractivity (Wildman–Crippen MR) is 94.5 cm³/mol. The summed E-state index contributed by atoms with van der Waals surface area (Å²) >= 11 is 4.94. The second kappa shape index (κ2) is 12.0. The van der Waals surface area contributed by atoms with Gasteiger partial charge in [-0.2, -0.15) is 0 Å². The lowest BCUT2D eigenvalue weighted by Crippen LogP contribution is -2.18. The van der Waals surface area contributed by atoms with Gasteiger partial charge in [-0.1, -0.05) is 38.1 Å². The van der Waals surface area contributed by atoms with Gasteiger partial charge >= 0.3 is 5.97 Å². The summed E-state index contributed by atoms with van der Waals surface area (Å²) in [5.41, 5.74) is 1.11. The van der Waals surface area contributed by atoms with Gasteiger partial charge in [-0.15, -0.1) is 0 Å². The Morgan fingerprint density at radius 3 is 2.70 bits per heavy atom. The second-order valence-electron chi connectivity index (χ2n) is 5.76. The highest BCUT2D eigenvalue weighted by molar-refractivity contribution is 6.13. The zero-order valence-electron chi connectivity index (χ0n) is 13.9. The van der Waals surface area contributed by atoms with Gasteiger partial charge in [0.15, 0.2) is 0 Å². The summed E-state index contributed by atoms with van der Waals surface area (Å²) in [6.07, 6.45) is 6.57. The molecule has 0 heterocycles. The Kier molecular flexibility index (Phi) is 10.2. The van der Waals surface area contributed by atoms with E-state index in [9.17, 15) is 4.79 Å². The van der Waals surface area contributed by atoms with Crippen molar-refractivity contribution in [2.45, 2.75) is 33.1 Å². The minimum absolute atomic E-state index is 0.264. The summed E-state index contributed by atoms with van der Waals surface area (Å²) in [6.45, 7) is 6.43. The molecule has 0 saturated carbocycles. The maximum absolute atomic E-state index is 10.8. The third kappa shape index (κ3) is 9.97. The Labute approximate surface area is 144 Å². The molecule has 1 aromatic rings. The van der Waals surface area contributed by atoms with Crippen molar-refractivity contribution < 1.29 is 13.8 Å². The van der Waals surface area contributed by atoms with Crippen molar-refractivity contribution in [2.75, 3.05) is 19.7 Å². The molecule has 5 heteroatoms. The molecule has 0 aliphatic carbocycles. The fourth-order valence-corrected chi connectivity index (χ4v) is 2.04. The van der Waals surface area contributed by atoms with E-state index >= 15 is 0 Å². The van der Waals surface area contributed by atoms with Crippen molar-refractivity contribution in [1.82, 2.24) is 5.32 Å². The fourth-order valence-electron chi connectivity index (χ4n) is 1.97. The first-order valence-corrected chi connectivity index (χ1v) is 8.34. The van der Waals surface area contributed by atoms with Crippen molar-refractivity contribution >= 4 is 23.9 Å². The molecule has 0 aliphatic heterocycles. The Hall–Kier alpha value is -1.52. The van der Waals surface area contributed by atoms with Gasteiger partial charge in [-0.05, 0) is 36.5 Å². The number of benzene rings is 1. The maximum atomic E-state index is 10.8. The topological polar surface area (TPSA) is 47.6 Å². The smallest absolute Gasteiger partial charge is 0.326 e. The predicted octanol–water partition coefficient (Wildman–Crippen LogP) is 4.19. The van der Waals surface area contributed by atoms with E-state index in [1.54, 1.807) is 0 Å². The lowest BCUT2D eigenvalue weighted by Gasteiger charge is -2.07. The summed E-state index contributed by atoms with van der Waals surface area (Å²) in [5.74, 6) is 1.20. The third-order valence-corrected chi connectivity index (χ3v) is 3.41. The van der Waals surface area contributed by atoms with Crippen LogP contribution < -0.4 is 10.1 Å². The van der Waals surface area contributed by atoms with E-state index in [0.29, 0.717) is 13.1 Å². The minimum Gasteiger partial charge on any atom is -0.494 e. The number of halogens is 1. The molecule has 0 spiro atoms. The van der Waals surface area contributed by atoms with Crippen LogP contribution in [0.15, 0.2) is 30.3 Å². The Bertz CT molecular complexity index is 472. The summed E-state index contributed by atoms with van der Waals surface area (Å²) in [5, 5.41) is 3.10. The zero-order chi connectivity index (χ0) is 16.9. The van der Waals surface area contributed by atoms with Crippen molar-refractivity contribution in [1.29, 1.82) is 0 Å². The van der Waals surface area contributed by atoms with Crippen LogP contribution in [0.4, 0.5) is 0 Å². The lowest BCUT2D eigenvalue weighted by atomic mass is 10.1. The summed E-state index contributed by atoms with van der Waals surface area (Å²) in [6, 6.07) is 8.02. The van der Waals surface area contributed by atoms with Crippen molar-refractivity contribution in [3.05, 3.63) is 35.9 Å². The van der Waals surface area contributed by atoms with Gasteiger partial charge in [0, 0.05) is 13.1 Å². The fraction of sp³-hybridized carbons (Fsp3) is 0.500. The van der Waals surface area contributed by atoms with Gasteiger partial charge in [0.2, 0.25) is 0 Å². The molecule has 4 nitrogen and oxygen atoms in total. The lowest BCUT2D eigenvalue weighted by molar-refractivity contribution is -0.133. The number of hydrogen-bond donors (Lipinski definition) is 1. The number of ether oxygens (including phenoxy) is 1. The first kappa shape index (κ1) is 19.5. The molecule has 23 heavy (non-hydrogen) atoms. The molecule has 1 N–H and O–H groups in total. The molecular weight excluding hydrogens is 314 g/mol. The van der Waals surface area contributed by atoms with Crippen LogP contribution in [0, 0.1) is 5.92 Å². The highest BCUT2D eigenvalue weighted by atomic mass is 35.5. The summed E-state index contributed by atoms with van der Waals surface area (Å²) in [7, 11) is 0. The van der Waals surface area contributed by atoms with Gasteiger partial charge in [0.25, 0.3) is 0 Å². The van der Waals surface area contributed by atoms with Gasteiger partial charge in [-0.3, -0.25) is 4.79 Å². The molecule has 0 fully saturated rings. The van der Waals surface area contributed by atoms with Gasteiger partial charge < -0.3 is 14.3 Å². The van der Waals surface area contributed by atoms with Gasteiger partial charge in [0.05, 0.1) is 13.0 Å². The van der Waals surface area contributed by atoms with Crippen molar-refractivity contribution in [2.24, 2.45) is 5.92 Å². The Morgan fingerprint density at radius 1 is 1.30 bits per heavy atom. The van der Waals surface area contributed by atoms with Crippen molar-refractivity contribution in [3.8, 4) is 5.75 Å². The molecule has 0 bridgehead atoms. The molecule has 128 valence electrons. The Balaban J connectivity index is 2.20. The van der Waals surface area contributed by atoms with Crippen molar-refractivity contribution in [3.63, 3.8) is 0 Å². The van der Waals surface area contributed by atoms with Crippen LogP contribution in [0.2, 0.25) is 0 Å². The Morgan fingerprint density at radius 2 is 2.04 bits per heavy atom. The first-order chi connectivity index (χ1) is 11.1. The summed E-state index contributed by atoms with van der Waals surface area (Å²) in [4.78, 5) is 10.8. The number of hydrogen-bond acceptors (Lipinski definition) is 4. The average Bonchev–Trinajstić information content (AvgIpc) is 2.55. The van der Waals surface area contributed by atoms with Crippen LogP contribution in [0.3, 0.4) is 0 Å². The van der Waals surface area contributed by atoms with Gasteiger partial charge in [0.1, 0.15) is 17.6 Å². The standard InChI is InChI=1S/C18H26ClNO3/c1-15(2)5-4-14-22-17-9-7-16(8-10-17)6-3-12-20-13-11-18(21)23-19/h3,6-10,15,20H,4-5,11-14H2,1-2H3/b6-3+. The zero-order valence-corrected chi connectivity index (χ0v) is 14.6. The highest BCUT2D eigenvalue weighted by Gasteiger charge is 1.99. The van der Waals surface area contributed by atoms with E-state index in [0.717, 1.165) is 30.3 Å². The number of carbonyl (C=O) groups excluding carboxylic acids is 1. The molecule has 1 rings (SSSR count). The van der Waals surface area contributed by atoms with E-state index in [-0.39, 0.29) is 6.42 Å². The highest BCUT2D eigenvalue weighted by Crippen LogP contribution is 2.14. The van der Waals surface area contributed by atoms with E-state index in [4.69, 9.17) is 16.6 Å². The second-order valence-corrected chi connectivity index (χ2v) is 5.91. The molecule has 0 saturated heterocycles. The van der Waals surface area contributed by atoms with Crippen LogP contribution in [-0.4, -0.2) is 25.7 Å². The number of nitrogens with one attached hydrogen (secondary N) is 1. The normalized spacial score (nSPS) is 11.1. The van der Waals surface area contributed by atoms with Gasteiger partial charge in [-0.25, -0.2) is 0 Å². The minimum atomic E-state index is -0.424. The molecule has 0 aliphatic rings. The third-order valence-electron chi connectivity index (χ3n) is 3.24. The van der Waals surface area contributed by atoms with Crippen LogP contribution in [0.25, 0.3) is 6.08 Å². The average molecular weight is 340 g/mol. The largest absolute Gasteiger partial charge is 0.494 e. The van der Waals surface area contributed by atoms with E-state index < -0.39 is 5.97 Å². The van der Waals surface area contributed by atoms with Crippen LogP contribution in [0.5, 0.6) is 5.75 Å². The van der Waals surface area contributed by atoms with Crippen LogP contribution in [-0.2, 0) is 9.08 Å². The first-order valence-electron chi connectivity index (χ1n) is 8.03. The number of rotatable bonds is 11.